The van der Waals surface area contributed by atoms with E-state index in [0.29, 0.717) is 0 Å². The van der Waals surface area contributed by atoms with Crippen LogP contribution in [-0.2, 0) is 0 Å². The van der Waals surface area contributed by atoms with Crippen molar-refractivity contribution in [3.05, 3.63) is 163 Å². The quantitative estimate of drug-likeness (QED) is 0.192. The van der Waals surface area contributed by atoms with Gasteiger partial charge in [-0.3, -0.25) is 0 Å². The van der Waals surface area contributed by atoms with Crippen LogP contribution in [0, 0.1) is 0 Å². The van der Waals surface area contributed by atoms with E-state index in [9.17, 15) is 0 Å². The highest BCUT2D eigenvalue weighted by molar-refractivity contribution is 6.31. The summed E-state index contributed by atoms with van der Waals surface area (Å²) < 4.78 is 0. The fraction of sp³-hybridized carbons (Fsp3) is 0.0588. The van der Waals surface area contributed by atoms with Gasteiger partial charge < -0.3 is 0 Å². The maximum atomic E-state index is 6.14. The third kappa shape index (κ3) is 4.85. The Bertz CT molecular complexity index is 1800. The maximum Gasteiger partial charge on any atom is 0.116 e. The van der Waals surface area contributed by atoms with Gasteiger partial charge in [0.1, 0.15) is 12.7 Å². The molecule has 0 fully saturated rings. The number of aromatic nitrogens is 4. The molecule has 2 aliphatic rings. The van der Waals surface area contributed by atoms with Crippen LogP contribution in [-0.4, -0.2) is 19.9 Å². The fourth-order valence-corrected chi connectivity index (χ4v) is 6.48. The summed E-state index contributed by atoms with van der Waals surface area (Å²) >= 11 is 24.3. The van der Waals surface area contributed by atoms with Crippen LogP contribution in [0.15, 0.2) is 110 Å². The molecule has 0 N–H and O–H groups in total. The molecule has 0 saturated carbocycles. The van der Waals surface area contributed by atoms with Crippen molar-refractivity contribution in [3.63, 3.8) is 0 Å². The van der Waals surface area contributed by atoms with Gasteiger partial charge in [0.15, 0.2) is 0 Å². The average molecular weight is 626 g/mol. The zero-order valence-corrected chi connectivity index (χ0v) is 24.9. The zero-order chi connectivity index (χ0) is 28.8. The van der Waals surface area contributed by atoms with E-state index < -0.39 is 0 Å². The minimum absolute atomic E-state index is 0.130. The van der Waals surface area contributed by atoms with E-state index in [1.165, 1.54) is 22.3 Å². The lowest BCUT2D eigenvalue weighted by molar-refractivity contribution is 0.987. The van der Waals surface area contributed by atoms with E-state index in [0.717, 1.165) is 53.7 Å². The Morgan fingerprint density at radius 1 is 0.429 bits per heavy atom. The smallest absolute Gasteiger partial charge is 0.116 e. The SMILES string of the molecule is Clc1ccc([C@H]2c3ccc(Cl)cc3-c3ncncc32)cc1.Clc1ccc([C@H]2c3ccc(Cl)cc3-c3ncncc32)cc1. The monoisotopic (exact) mass is 624 g/mol. The number of nitrogens with zero attached hydrogens (tertiary/aromatic N) is 4. The molecule has 0 amide bonds. The summed E-state index contributed by atoms with van der Waals surface area (Å²) in [5, 5.41) is 2.90. The second kappa shape index (κ2) is 11.1. The van der Waals surface area contributed by atoms with Gasteiger partial charge in [-0.15, -0.1) is 0 Å². The average Bonchev–Trinajstić information content (AvgIpc) is 3.51. The zero-order valence-electron chi connectivity index (χ0n) is 21.8. The Kier molecular flexibility index (Phi) is 7.17. The highest BCUT2D eigenvalue weighted by Gasteiger charge is 2.32. The molecule has 2 aliphatic carbocycles. The summed E-state index contributed by atoms with van der Waals surface area (Å²) in [6.07, 6.45) is 6.92. The van der Waals surface area contributed by atoms with Crippen LogP contribution in [0.3, 0.4) is 0 Å². The highest BCUT2D eigenvalue weighted by atomic mass is 35.5. The fourth-order valence-electron chi connectivity index (χ4n) is 5.89. The van der Waals surface area contributed by atoms with Gasteiger partial charge in [-0.05, 0) is 70.8 Å². The van der Waals surface area contributed by atoms with E-state index in [4.69, 9.17) is 46.4 Å². The van der Waals surface area contributed by atoms with Crippen molar-refractivity contribution in [1.82, 2.24) is 19.9 Å². The van der Waals surface area contributed by atoms with Crippen LogP contribution in [0.1, 0.15) is 45.2 Å². The number of benzene rings is 4. The van der Waals surface area contributed by atoms with E-state index in [1.807, 2.05) is 85.2 Å². The molecule has 0 unspecified atom stereocenters. The molecule has 8 rings (SSSR count). The van der Waals surface area contributed by atoms with Crippen molar-refractivity contribution < 1.29 is 0 Å². The van der Waals surface area contributed by atoms with Crippen molar-refractivity contribution in [2.45, 2.75) is 11.8 Å². The van der Waals surface area contributed by atoms with Crippen LogP contribution in [0.5, 0.6) is 0 Å². The lowest BCUT2D eigenvalue weighted by atomic mass is 9.90. The Morgan fingerprint density at radius 2 is 0.810 bits per heavy atom. The second-order valence-corrected chi connectivity index (χ2v) is 11.8. The molecule has 0 aliphatic heterocycles. The number of halogens is 4. The van der Waals surface area contributed by atoms with Gasteiger partial charge in [0, 0.05) is 66.6 Å². The molecule has 0 spiro atoms. The van der Waals surface area contributed by atoms with Gasteiger partial charge in [0.2, 0.25) is 0 Å². The number of hydrogen-bond acceptors (Lipinski definition) is 4. The van der Waals surface area contributed by atoms with Crippen molar-refractivity contribution in [1.29, 1.82) is 0 Å². The van der Waals surface area contributed by atoms with E-state index in [2.05, 4.69) is 32.1 Å². The molecule has 42 heavy (non-hydrogen) atoms. The summed E-state index contributed by atoms with van der Waals surface area (Å²) in [6.45, 7) is 0. The molecule has 0 bridgehead atoms. The predicted molar refractivity (Wildman–Crippen MR) is 170 cm³/mol. The molecule has 2 aromatic heterocycles. The lowest BCUT2D eigenvalue weighted by Gasteiger charge is -2.13. The van der Waals surface area contributed by atoms with Crippen LogP contribution >= 0.6 is 46.4 Å². The molecule has 8 heteroatoms. The summed E-state index contributed by atoms with van der Waals surface area (Å²) in [4.78, 5) is 17.2. The van der Waals surface area contributed by atoms with Crippen molar-refractivity contribution in [2.24, 2.45) is 0 Å². The van der Waals surface area contributed by atoms with Crippen molar-refractivity contribution in [3.8, 4) is 22.5 Å². The van der Waals surface area contributed by atoms with Gasteiger partial charge in [-0.1, -0.05) is 82.8 Å². The van der Waals surface area contributed by atoms with Gasteiger partial charge in [0.05, 0.1) is 11.4 Å². The maximum absolute atomic E-state index is 6.14. The molecule has 0 saturated heterocycles. The van der Waals surface area contributed by atoms with Crippen molar-refractivity contribution >= 4 is 46.4 Å². The minimum Gasteiger partial charge on any atom is -0.244 e. The first-order valence-corrected chi connectivity index (χ1v) is 14.7. The molecule has 0 radical (unpaired) electrons. The van der Waals surface area contributed by atoms with E-state index >= 15 is 0 Å². The minimum atomic E-state index is 0.130. The summed E-state index contributed by atoms with van der Waals surface area (Å²) in [6, 6.07) is 27.8. The number of fused-ring (bicyclic) bond motifs is 6. The van der Waals surface area contributed by atoms with E-state index in [1.54, 1.807) is 12.7 Å². The lowest BCUT2D eigenvalue weighted by Crippen LogP contribution is -1.99. The molecule has 2 heterocycles. The Labute approximate surface area is 263 Å². The molecule has 204 valence electrons. The van der Waals surface area contributed by atoms with Crippen LogP contribution in [0.2, 0.25) is 20.1 Å². The molecular weight excluding hydrogens is 606 g/mol. The van der Waals surface area contributed by atoms with Gasteiger partial charge in [-0.2, -0.15) is 0 Å². The molecule has 4 nitrogen and oxygen atoms in total. The number of hydrogen-bond donors (Lipinski definition) is 0. The Balaban J connectivity index is 0.000000137. The van der Waals surface area contributed by atoms with Crippen molar-refractivity contribution in [2.75, 3.05) is 0 Å². The van der Waals surface area contributed by atoms with Gasteiger partial charge in [0.25, 0.3) is 0 Å². The largest absolute Gasteiger partial charge is 0.244 e. The first-order chi connectivity index (χ1) is 20.5. The van der Waals surface area contributed by atoms with E-state index in [-0.39, 0.29) is 11.8 Å². The third-order valence-corrected chi connectivity index (χ3v) is 8.65. The van der Waals surface area contributed by atoms with Crippen LogP contribution in [0.25, 0.3) is 22.5 Å². The van der Waals surface area contributed by atoms with Gasteiger partial charge in [-0.25, -0.2) is 19.9 Å². The van der Waals surface area contributed by atoms with Gasteiger partial charge >= 0.3 is 0 Å². The summed E-state index contributed by atoms with van der Waals surface area (Å²) in [5.74, 6) is 0.261. The van der Waals surface area contributed by atoms with Crippen LogP contribution < -0.4 is 0 Å². The predicted octanol–water partition coefficient (Wildman–Crippen LogP) is 9.89. The highest BCUT2D eigenvalue weighted by Crippen LogP contribution is 2.48. The Hall–Kier alpha value is -3.80. The summed E-state index contributed by atoms with van der Waals surface area (Å²) in [7, 11) is 0. The number of rotatable bonds is 2. The third-order valence-electron chi connectivity index (χ3n) is 7.67. The topological polar surface area (TPSA) is 51.6 Å². The first kappa shape index (κ1) is 27.1. The molecular formula is C34H20Cl4N4. The molecule has 6 aromatic rings. The molecule has 2 atom stereocenters. The Morgan fingerprint density at radius 3 is 1.21 bits per heavy atom. The standard InChI is InChI=1S/2C17H10Cl2N2/c2*18-11-3-1-10(2-4-11)16-13-6-5-12(19)7-14(13)17-15(16)8-20-9-21-17/h2*1-9,16H/t2*16-/m00/s1. The normalized spacial score (nSPS) is 15.6. The van der Waals surface area contributed by atoms with Crippen LogP contribution in [0.4, 0.5) is 0 Å². The first-order valence-electron chi connectivity index (χ1n) is 13.2. The summed E-state index contributed by atoms with van der Waals surface area (Å²) in [5.41, 5.74) is 11.1. The molecule has 4 aromatic carbocycles. The second-order valence-electron chi connectivity index (χ2n) is 10.1.